The molecule has 3 aliphatic rings. The minimum Gasteiger partial charge on any atom is -0.285 e. The fourth-order valence-electron chi connectivity index (χ4n) is 2.24. The molecule has 0 aromatic carbocycles. The number of carbonyl (C=O) groups excluding carboxylic acids is 2. The van der Waals surface area contributed by atoms with Crippen LogP contribution in [0.25, 0.3) is 0 Å². The second-order valence-electron chi connectivity index (χ2n) is 3.66. The van der Waals surface area contributed by atoms with E-state index in [1.807, 2.05) is 18.2 Å². The fourth-order valence-corrected chi connectivity index (χ4v) is 2.24. The molecule has 68 valence electrons. The van der Waals surface area contributed by atoms with Crippen LogP contribution in [0.2, 0.25) is 0 Å². The van der Waals surface area contributed by atoms with Crippen LogP contribution in [0.1, 0.15) is 12.8 Å². The second-order valence-corrected chi connectivity index (χ2v) is 3.66. The number of ketones is 2. The van der Waals surface area contributed by atoms with Gasteiger partial charge >= 0.3 is 0 Å². The van der Waals surface area contributed by atoms with E-state index >= 15 is 0 Å². The van der Waals surface area contributed by atoms with Crippen LogP contribution < -0.4 is 0 Å². The first-order chi connectivity index (χ1) is 6.79. The van der Waals surface area contributed by atoms with Gasteiger partial charge in [0.1, 0.15) is 0 Å². The van der Waals surface area contributed by atoms with Crippen LogP contribution in [0, 0.1) is 0 Å². The van der Waals surface area contributed by atoms with Gasteiger partial charge in [-0.3, -0.25) is 9.59 Å². The Hall–Kier alpha value is -1.70. The SMILES string of the molecule is O=C1C(=O)C2=C(C=CC2)C2=C1C=CC2. The summed E-state index contributed by atoms with van der Waals surface area (Å²) in [7, 11) is 0. The number of fused-ring (bicyclic) bond motifs is 1. The maximum atomic E-state index is 11.6. The number of allylic oxidation sites excluding steroid dienone is 8. The van der Waals surface area contributed by atoms with Crippen molar-refractivity contribution in [3.63, 3.8) is 0 Å². The standard InChI is InChI=1S/C12H8O2/c13-11-9-5-1-3-7(9)8-4-2-6-10(8)12(11)14/h1-3,6H,4-5H2. The van der Waals surface area contributed by atoms with Gasteiger partial charge in [-0.2, -0.15) is 0 Å². The maximum Gasteiger partial charge on any atom is 0.233 e. The van der Waals surface area contributed by atoms with Gasteiger partial charge in [-0.1, -0.05) is 24.3 Å². The average molecular weight is 184 g/mol. The zero-order chi connectivity index (χ0) is 9.71. The molecule has 0 radical (unpaired) electrons. The first-order valence-corrected chi connectivity index (χ1v) is 4.68. The number of rotatable bonds is 0. The minimum atomic E-state index is -0.323. The third-order valence-electron chi connectivity index (χ3n) is 2.91. The molecule has 2 heteroatoms. The van der Waals surface area contributed by atoms with Gasteiger partial charge in [-0.05, 0) is 24.0 Å². The zero-order valence-electron chi connectivity index (χ0n) is 7.54. The van der Waals surface area contributed by atoms with Crippen LogP contribution >= 0.6 is 0 Å². The van der Waals surface area contributed by atoms with Crippen LogP contribution in [0.15, 0.2) is 46.6 Å². The summed E-state index contributed by atoms with van der Waals surface area (Å²) in [4.78, 5) is 23.3. The zero-order valence-corrected chi connectivity index (χ0v) is 7.54. The summed E-state index contributed by atoms with van der Waals surface area (Å²) in [6, 6.07) is 0. The third-order valence-corrected chi connectivity index (χ3v) is 2.91. The molecule has 0 aromatic rings. The highest BCUT2D eigenvalue weighted by molar-refractivity contribution is 6.51. The van der Waals surface area contributed by atoms with E-state index in [0.29, 0.717) is 17.6 Å². The summed E-state index contributed by atoms with van der Waals surface area (Å²) < 4.78 is 0. The Balaban J connectivity index is 2.26. The lowest BCUT2D eigenvalue weighted by Gasteiger charge is -2.14. The predicted octanol–water partition coefficient (Wildman–Crippen LogP) is 1.65. The molecular weight excluding hydrogens is 176 g/mol. The highest BCUT2D eigenvalue weighted by Gasteiger charge is 2.34. The van der Waals surface area contributed by atoms with Crippen molar-refractivity contribution in [3.05, 3.63) is 46.6 Å². The molecule has 0 saturated heterocycles. The first-order valence-electron chi connectivity index (χ1n) is 4.68. The normalized spacial score (nSPS) is 23.7. The lowest BCUT2D eigenvalue weighted by atomic mass is 9.86. The van der Waals surface area contributed by atoms with Crippen molar-refractivity contribution in [1.82, 2.24) is 0 Å². The molecule has 0 bridgehead atoms. The van der Waals surface area contributed by atoms with Gasteiger partial charge in [-0.15, -0.1) is 0 Å². The van der Waals surface area contributed by atoms with E-state index in [9.17, 15) is 9.59 Å². The lowest BCUT2D eigenvalue weighted by molar-refractivity contribution is -0.132. The Kier molecular flexibility index (Phi) is 1.32. The monoisotopic (exact) mass is 184 g/mol. The van der Waals surface area contributed by atoms with Gasteiger partial charge in [-0.25, -0.2) is 0 Å². The van der Waals surface area contributed by atoms with Crippen LogP contribution in [0.5, 0.6) is 0 Å². The number of Topliss-reactive ketones (excluding diaryl/α,β-unsaturated/α-hetero) is 2. The molecule has 0 atom stereocenters. The molecule has 0 heterocycles. The predicted molar refractivity (Wildman–Crippen MR) is 51.6 cm³/mol. The van der Waals surface area contributed by atoms with Crippen molar-refractivity contribution >= 4 is 11.6 Å². The van der Waals surface area contributed by atoms with Crippen LogP contribution in [-0.2, 0) is 9.59 Å². The summed E-state index contributed by atoms with van der Waals surface area (Å²) in [5.74, 6) is -0.633. The quantitative estimate of drug-likeness (QED) is 0.423. The molecule has 0 unspecified atom stereocenters. The molecule has 0 aliphatic heterocycles. The maximum absolute atomic E-state index is 11.6. The van der Waals surface area contributed by atoms with Gasteiger partial charge in [0.25, 0.3) is 0 Å². The van der Waals surface area contributed by atoms with Gasteiger partial charge < -0.3 is 0 Å². The van der Waals surface area contributed by atoms with Crippen LogP contribution in [0.3, 0.4) is 0 Å². The van der Waals surface area contributed by atoms with Crippen molar-refractivity contribution < 1.29 is 9.59 Å². The van der Waals surface area contributed by atoms with Gasteiger partial charge in [0.15, 0.2) is 0 Å². The highest BCUT2D eigenvalue weighted by atomic mass is 16.2. The Labute approximate surface area is 81.3 Å². The Morgan fingerprint density at radius 1 is 0.786 bits per heavy atom. The first kappa shape index (κ1) is 7.68. The van der Waals surface area contributed by atoms with Crippen molar-refractivity contribution in [2.24, 2.45) is 0 Å². The second kappa shape index (κ2) is 2.41. The summed E-state index contributed by atoms with van der Waals surface area (Å²) in [6.45, 7) is 0. The molecule has 3 rings (SSSR count). The third kappa shape index (κ3) is 0.757. The highest BCUT2D eigenvalue weighted by Crippen LogP contribution is 2.38. The number of hydrogen-bond donors (Lipinski definition) is 0. The topological polar surface area (TPSA) is 34.1 Å². The Morgan fingerprint density at radius 3 is 2.21 bits per heavy atom. The van der Waals surface area contributed by atoms with E-state index in [4.69, 9.17) is 0 Å². The molecule has 0 spiro atoms. The molecule has 0 fully saturated rings. The average Bonchev–Trinajstić information content (AvgIpc) is 2.80. The minimum absolute atomic E-state index is 0.310. The van der Waals surface area contributed by atoms with E-state index < -0.39 is 0 Å². The number of carbonyl (C=O) groups is 2. The van der Waals surface area contributed by atoms with E-state index in [2.05, 4.69) is 0 Å². The molecule has 14 heavy (non-hydrogen) atoms. The van der Waals surface area contributed by atoms with Gasteiger partial charge in [0.2, 0.25) is 11.6 Å². The lowest BCUT2D eigenvalue weighted by Crippen LogP contribution is -2.22. The van der Waals surface area contributed by atoms with E-state index in [1.54, 1.807) is 6.08 Å². The molecule has 0 amide bonds. The Bertz CT molecular complexity index is 473. The van der Waals surface area contributed by atoms with Crippen molar-refractivity contribution in [2.75, 3.05) is 0 Å². The van der Waals surface area contributed by atoms with Crippen LogP contribution in [-0.4, -0.2) is 11.6 Å². The largest absolute Gasteiger partial charge is 0.285 e. The molecule has 2 nitrogen and oxygen atoms in total. The van der Waals surface area contributed by atoms with Crippen molar-refractivity contribution in [1.29, 1.82) is 0 Å². The van der Waals surface area contributed by atoms with Crippen molar-refractivity contribution in [2.45, 2.75) is 12.8 Å². The van der Waals surface area contributed by atoms with Gasteiger partial charge in [0.05, 0.1) is 0 Å². The van der Waals surface area contributed by atoms with E-state index in [1.165, 1.54) is 0 Å². The molecule has 0 N–H and O–H groups in total. The van der Waals surface area contributed by atoms with E-state index in [0.717, 1.165) is 17.6 Å². The summed E-state index contributed by atoms with van der Waals surface area (Å²) >= 11 is 0. The van der Waals surface area contributed by atoms with Crippen LogP contribution in [0.4, 0.5) is 0 Å². The summed E-state index contributed by atoms with van der Waals surface area (Å²) in [5, 5.41) is 0. The molecule has 0 aromatic heterocycles. The molecular formula is C12H8O2. The van der Waals surface area contributed by atoms with Crippen molar-refractivity contribution in [3.8, 4) is 0 Å². The summed E-state index contributed by atoms with van der Waals surface area (Å²) in [6.07, 6.45) is 9.03. The number of hydrogen-bond acceptors (Lipinski definition) is 2. The fraction of sp³-hybridized carbons (Fsp3) is 0.167. The molecule has 0 saturated carbocycles. The Morgan fingerprint density at radius 2 is 1.43 bits per heavy atom. The molecule has 3 aliphatic carbocycles. The van der Waals surface area contributed by atoms with E-state index in [-0.39, 0.29) is 11.6 Å². The van der Waals surface area contributed by atoms with Gasteiger partial charge in [0, 0.05) is 11.1 Å². The summed E-state index contributed by atoms with van der Waals surface area (Å²) in [5.41, 5.74) is 3.34. The smallest absolute Gasteiger partial charge is 0.233 e.